The molecule has 1 aromatic carbocycles. The zero-order chi connectivity index (χ0) is 18.9. The highest BCUT2D eigenvalue weighted by molar-refractivity contribution is 5.95. The van der Waals surface area contributed by atoms with Gasteiger partial charge in [0.05, 0.1) is 4.92 Å². The van der Waals surface area contributed by atoms with Crippen molar-refractivity contribution in [1.82, 2.24) is 15.1 Å². The summed E-state index contributed by atoms with van der Waals surface area (Å²) in [5, 5.41) is 14.8. The predicted molar refractivity (Wildman–Crippen MR) is 101 cm³/mol. The first-order valence-corrected chi connectivity index (χ1v) is 9.30. The summed E-state index contributed by atoms with van der Waals surface area (Å²) in [6.45, 7) is 11.2. The van der Waals surface area contributed by atoms with E-state index in [-0.39, 0.29) is 21.9 Å². The summed E-state index contributed by atoms with van der Waals surface area (Å²) in [6, 6.07) is 5.30. The van der Waals surface area contributed by atoms with Gasteiger partial charge in [-0.25, -0.2) is 0 Å². The van der Waals surface area contributed by atoms with Crippen molar-refractivity contribution in [1.29, 1.82) is 0 Å². The Kier molecular flexibility index (Phi) is 5.29. The van der Waals surface area contributed by atoms with Crippen LogP contribution < -0.4 is 5.32 Å². The van der Waals surface area contributed by atoms with Gasteiger partial charge in [0.15, 0.2) is 0 Å². The molecule has 7 heteroatoms. The first-order valence-electron chi connectivity index (χ1n) is 9.30. The van der Waals surface area contributed by atoms with E-state index in [1.54, 1.807) is 12.1 Å². The van der Waals surface area contributed by atoms with Crippen LogP contribution in [0, 0.1) is 10.1 Å². The van der Waals surface area contributed by atoms with E-state index in [0.29, 0.717) is 30.3 Å². The lowest BCUT2D eigenvalue weighted by atomic mass is 9.85. The van der Waals surface area contributed by atoms with Crippen LogP contribution in [-0.2, 0) is 5.41 Å². The fraction of sp³-hybridized carbons (Fsp3) is 0.632. The van der Waals surface area contributed by atoms with Crippen molar-refractivity contribution in [3.63, 3.8) is 0 Å². The highest BCUT2D eigenvalue weighted by atomic mass is 16.6. The second-order valence-corrected chi connectivity index (χ2v) is 8.22. The normalized spacial score (nSPS) is 21.8. The number of nitro benzene ring substituents is 1. The van der Waals surface area contributed by atoms with Gasteiger partial charge in [-0.15, -0.1) is 0 Å². The third kappa shape index (κ3) is 3.88. The Hall–Kier alpha value is -1.99. The fourth-order valence-corrected chi connectivity index (χ4v) is 3.90. The fourth-order valence-electron chi connectivity index (χ4n) is 3.90. The minimum absolute atomic E-state index is 0.0289. The number of hydrogen-bond donors (Lipinski definition) is 1. The van der Waals surface area contributed by atoms with Gasteiger partial charge in [-0.2, -0.15) is 0 Å². The molecule has 3 rings (SSSR count). The molecular formula is C19H28N4O3. The largest absolute Gasteiger partial charge is 0.337 e. The van der Waals surface area contributed by atoms with Crippen molar-refractivity contribution >= 4 is 11.6 Å². The molecule has 2 saturated heterocycles. The molecule has 2 heterocycles. The van der Waals surface area contributed by atoms with Gasteiger partial charge in [-0.05, 0) is 17.9 Å². The average Bonchev–Trinajstić information content (AvgIpc) is 3.10. The molecule has 0 aromatic heterocycles. The van der Waals surface area contributed by atoms with Crippen LogP contribution in [0.15, 0.2) is 18.2 Å². The molecular weight excluding hydrogens is 332 g/mol. The minimum atomic E-state index is -0.384. The summed E-state index contributed by atoms with van der Waals surface area (Å²) in [6.07, 6.45) is 0.966. The highest BCUT2D eigenvalue weighted by Crippen LogP contribution is 2.32. The number of carbonyl (C=O) groups is 1. The molecule has 2 aliphatic rings. The number of piperazine rings is 1. The van der Waals surface area contributed by atoms with Crippen LogP contribution in [-0.4, -0.2) is 65.9 Å². The Balaban J connectivity index is 1.76. The minimum Gasteiger partial charge on any atom is -0.337 e. The maximum Gasteiger partial charge on any atom is 0.273 e. The first kappa shape index (κ1) is 18.8. The number of nitro groups is 1. The summed E-state index contributed by atoms with van der Waals surface area (Å²) >= 11 is 0. The summed E-state index contributed by atoms with van der Waals surface area (Å²) in [5.41, 5.74) is 0.747. The first-order chi connectivity index (χ1) is 12.3. The zero-order valence-electron chi connectivity index (χ0n) is 15.8. The van der Waals surface area contributed by atoms with Gasteiger partial charge in [0.25, 0.3) is 11.6 Å². The number of hydrogen-bond acceptors (Lipinski definition) is 5. The molecule has 7 nitrogen and oxygen atoms in total. The molecule has 1 amide bonds. The molecule has 1 atom stereocenters. The number of likely N-dealkylation sites (tertiary alicyclic amines) is 1. The Morgan fingerprint density at radius 1 is 1.23 bits per heavy atom. The van der Waals surface area contributed by atoms with E-state index in [4.69, 9.17) is 0 Å². The number of rotatable bonds is 3. The molecule has 2 fully saturated rings. The molecule has 0 spiro atoms. The SMILES string of the molecule is CC(C)(C)c1ccc(C(=O)N2CCC(N3CCNCC3)C2)cc1[N+](=O)[O-]. The summed E-state index contributed by atoms with van der Waals surface area (Å²) < 4.78 is 0. The molecule has 2 aliphatic heterocycles. The van der Waals surface area contributed by atoms with Crippen LogP contribution in [0.3, 0.4) is 0 Å². The topological polar surface area (TPSA) is 78.7 Å². The summed E-state index contributed by atoms with van der Waals surface area (Å²) in [5.74, 6) is -0.105. The molecule has 1 N–H and O–H groups in total. The zero-order valence-corrected chi connectivity index (χ0v) is 15.8. The van der Waals surface area contributed by atoms with E-state index in [1.807, 2.05) is 25.7 Å². The summed E-state index contributed by atoms with van der Waals surface area (Å²) in [4.78, 5) is 28.3. The van der Waals surface area contributed by atoms with Gasteiger partial charge in [-0.3, -0.25) is 19.8 Å². The van der Waals surface area contributed by atoms with E-state index in [9.17, 15) is 14.9 Å². The second kappa shape index (κ2) is 7.32. The second-order valence-electron chi connectivity index (χ2n) is 8.22. The van der Waals surface area contributed by atoms with Crippen molar-refractivity contribution in [3.05, 3.63) is 39.4 Å². The Morgan fingerprint density at radius 3 is 2.54 bits per heavy atom. The Labute approximate surface area is 154 Å². The maximum absolute atomic E-state index is 12.9. The molecule has 1 unspecified atom stereocenters. The van der Waals surface area contributed by atoms with Crippen molar-refractivity contribution in [2.45, 2.75) is 38.6 Å². The van der Waals surface area contributed by atoms with E-state index >= 15 is 0 Å². The van der Waals surface area contributed by atoms with Crippen LogP contribution in [0.4, 0.5) is 5.69 Å². The van der Waals surface area contributed by atoms with Gasteiger partial charge < -0.3 is 10.2 Å². The molecule has 0 radical (unpaired) electrons. The van der Waals surface area contributed by atoms with Gasteiger partial charge >= 0.3 is 0 Å². The maximum atomic E-state index is 12.9. The lowest BCUT2D eigenvalue weighted by Gasteiger charge is -2.32. The van der Waals surface area contributed by atoms with Gasteiger partial charge in [0, 0.05) is 62.5 Å². The Bertz CT molecular complexity index is 693. The highest BCUT2D eigenvalue weighted by Gasteiger charge is 2.33. The van der Waals surface area contributed by atoms with Crippen LogP contribution in [0.1, 0.15) is 43.1 Å². The van der Waals surface area contributed by atoms with E-state index in [2.05, 4.69) is 10.2 Å². The van der Waals surface area contributed by atoms with Gasteiger partial charge in [0.1, 0.15) is 0 Å². The van der Waals surface area contributed by atoms with Gasteiger partial charge in [-0.1, -0.05) is 26.8 Å². The third-order valence-electron chi connectivity index (χ3n) is 5.37. The van der Waals surface area contributed by atoms with E-state index in [1.165, 1.54) is 6.07 Å². The third-order valence-corrected chi connectivity index (χ3v) is 5.37. The quantitative estimate of drug-likeness (QED) is 0.659. The van der Waals surface area contributed by atoms with Crippen LogP contribution in [0.5, 0.6) is 0 Å². The molecule has 0 saturated carbocycles. The number of carbonyl (C=O) groups excluding carboxylic acids is 1. The number of amides is 1. The van der Waals surface area contributed by atoms with Crippen molar-refractivity contribution in [2.24, 2.45) is 0 Å². The average molecular weight is 360 g/mol. The van der Waals surface area contributed by atoms with Crippen LogP contribution in [0.2, 0.25) is 0 Å². The van der Waals surface area contributed by atoms with Crippen LogP contribution in [0.25, 0.3) is 0 Å². The lowest BCUT2D eigenvalue weighted by Crippen LogP contribution is -2.49. The number of nitrogens with one attached hydrogen (secondary N) is 1. The Morgan fingerprint density at radius 2 is 1.92 bits per heavy atom. The standard InChI is InChI=1S/C19H28N4O3/c1-19(2,3)16-5-4-14(12-17(16)23(25)26)18(24)22-9-6-15(13-22)21-10-7-20-8-11-21/h4-5,12,15,20H,6-11,13H2,1-3H3. The van der Waals surface area contributed by atoms with Crippen molar-refractivity contribution in [3.8, 4) is 0 Å². The van der Waals surface area contributed by atoms with E-state index in [0.717, 1.165) is 32.6 Å². The molecule has 142 valence electrons. The monoisotopic (exact) mass is 360 g/mol. The van der Waals surface area contributed by atoms with Crippen molar-refractivity contribution in [2.75, 3.05) is 39.3 Å². The van der Waals surface area contributed by atoms with Gasteiger partial charge in [0.2, 0.25) is 0 Å². The molecule has 26 heavy (non-hydrogen) atoms. The number of nitrogens with zero attached hydrogens (tertiary/aromatic N) is 3. The molecule has 0 aliphatic carbocycles. The number of benzene rings is 1. The summed E-state index contributed by atoms with van der Waals surface area (Å²) in [7, 11) is 0. The van der Waals surface area contributed by atoms with E-state index < -0.39 is 0 Å². The molecule has 0 bridgehead atoms. The predicted octanol–water partition coefficient (Wildman–Crippen LogP) is 2.01. The van der Waals surface area contributed by atoms with Crippen LogP contribution >= 0.6 is 0 Å². The smallest absolute Gasteiger partial charge is 0.273 e. The lowest BCUT2D eigenvalue weighted by molar-refractivity contribution is -0.386. The molecule has 1 aromatic rings. The van der Waals surface area contributed by atoms with Crippen molar-refractivity contribution < 1.29 is 9.72 Å².